The van der Waals surface area contributed by atoms with Crippen LogP contribution in [0.4, 0.5) is 4.39 Å². The number of carbonyl (C=O) groups is 1. The van der Waals surface area contributed by atoms with Crippen LogP contribution in [0.25, 0.3) is 0 Å². The lowest BCUT2D eigenvalue weighted by atomic mass is 10.0. The monoisotopic (exact) mass is 180 g/mol. The van der Waals surface area contributed by atoms with E-state index in [1.807, 2.05) is 0 Å². The van der Waals surface area contributed by atoms with Crippen molar-refractivity contribution in [2.75, 3.05) is 0 Å². The highest BCUT2D eigenvalue weighted by Crippen LogP contribution is 2.11. The van der Waals surface area contributed by atoms with Crippen LogP contribution >= 0.6 is 0 Å². The number of amides is 1. The zero-order valence-corrected chi connectivity index (χ0v) is 7.33. The van der Waals surface area contributed by atoms with E-state index in [1.54, 1.807) is 25.5 Å². The number of carbonyl (C=O) groups excluding carboxylic acids is 1. The van der Waals surface area contributed by atoms with Gasteiger partial charge in [-0.3, -0.25) is 4.79 Å². The van der Waals surface area contributed by atoms with Crippen molar-refractivity contribution in [3.63, 3.8) is 0 Å². The summed E-state index contributed by atoms with van der Waals surface area (Å²) >= 11 is 0. The fraction of sp³-hybridized carbons (Fsp3) is 0.200. The lowest BCUT2D eigenvalue weighted by molar-refractivity contribution is -0.120. The van der Waals surface area contributed by atoms with Gasteiger partial charge in [0, 0.05) is 12.3 Å². The zero-order valence-electron chi connectivity index (χ0n) is 7.33. The van der Waals surface area contributed by atoms with Crippen LogP contribution in [0.2, 0.25) is 0 Å². The largest absolute Gasteiger partial charge is 0.369 e. The highest BCUT2D eigenvalue weighted by molar-refractivity contribution is 5.78. The fourth-order valence-corrected chi connectivity index (χ4v) is 0.945. The Morgan fingerprint density at radius 1 is 1.46 bits per heavy atom. The van der Waals surface area contributed by atoms with E-state index in [0.29, 0.717) is 0 Å². The van der Waals surface area contributed by atoms with Crippen LogP contribution < -0.4 is 5.73 Å². The average Bonchev–Trinajstić information content (AvgIpc) is 2.08. The first kappa shape index (κ1) is 9.71. The summed E-state index contributed by atoms with van der Waals surface area (Å²) in [5, 5.41) is 0. The predicted molar refractivity (Wildman–Crippen MR) is 48.2 cm³/mol. The maximum Gasteiger partial charge on any atom is 0.220 e. The third-order valence-corrected chi connectivity index (χ3v) is 1.76. The Kier molecular flexibility index (Phi) is 3.01. The summed E-state index contributed by atoms with van der Waals surface area (Å²) in [6, 6.07) is 5.91. The van der Waals surface area contributed by atoms with Crippen molar-refractivity contribution < 1.29 is 9.18 Å². The summed E-state index contributed by atoms with van der Waals surface area (Å²) in [6.07, 6.45) is 1.70. The number of hydrogen-bond acceptors (Lipinski definition) is 1. The standard InChI is InChI=1S/C10H11FNO/c1-7(10(12)13)6-8-2-4-9(11)5-3-8/h2-7H,1H3,(H2,12,13)/t7-/m1/s1. The number of primary amides is 1. The molecule has 0 heterocycles. The molecule has 69 valence electrons. The lowest BCUT2D eigenvalue weighted by Gasteiger charge is -2.05. The van der Waals surface area contributed by atoms with Crippen LogP contribution in [0.1, 0.15) is 12.5 Å². The molecule has 0 saturated heterocycles. The Morgan fingerprint density at radius 3 is 2.46 bits per heavy atom. The number of halogens is 1. The molecular formula is C10H11FNO. The Hall–Kier alpha value is -1.38. The molecule has 0 aliphatic heterocycles. The molecule has 1 radical (unpaired) electrons. The predicted octanol–water partition coefficient (Wildman–Crippen LogP) is 1.50. The van der Waals surface area contributed by atoms with Gasteiger partial charge in [0.25, 0.3) is 0 Å². The molecule has 13 heavy (non-hydrogen) atoms. The molecule has 0 fully saturated rings. The van der Waals surface area contributed by atoms with Crippen LogP contribution in [-0.4, -0.2) is 5.91 Å². The maximum atomic E-state index is 12.5. The van der Waals surface area contributed by atoms with Gasteiger partial charge in [0.1, 0.15) is 5.82 Å². The summed E-state index contributed by atoms with van der Waals surface area (Å²) in [5.74, 6) is -1.00. The van der Waals surface area contributed by atoms with E-state index in [1.165, 1.54) is 12.1 Å². The summed E-state index contributed by atoms with van der Waals surface area (Å²) < 4.78 is 12.5. The molecule has 1 atom stereocenters. The van der Waals surface area contributed by atoms with Crippen molar-refractivity contribution >= 4 is 5.91 Å². The van der Waals surface area contributed by atoms with Gasteiger partial charge >= 0.3 is 0 Å². The van der Waals surface area contributed by atoms with Gasteiger partial charge < -0.3 is 5.73 Å². The second kappa shape index (κ2) is 4.03. The van der Waals surface area contributed by atoms with Crippen molar-refractivity contribution in [3.8, 4) is 0 Å². The van der Waals surface area contributed by atoms with Crippen molar-refractivity contribution in [1.82, 2.24) is 0 Å². The SMILES string of the molecule is C[C@H]([CH]c1ccc(F)cc1)C(N)=O. The highest BCUT2D eigenvalue weighted by atomic mass is 19.1. The second-order valence-electron chi connectivity index (χ2n) is 2.91. The van der Waals surface area contributed by atoms with E-state index in [-0.39, 0.29) is 17.6 Å². The third kappa shape index (κ3) is 2.86. The lowest BCUT2D eigenvalue weighted by Crippen LogP contribution is -2.21. The minimum atomic E-state index is -0.385. The van der Waals surface area contributed by atoms with Crippen LogP contribution in [0.3, 0.4) is 0 Å². The van der Waals surface area contributed by atoms with Crippen LogP contribution in [0.5, 0.6) is 0 Å². The summed E-state index contributed by atoms with van der Waals surface area (Å²) in [6.45, 7) is 1.70. The molecule has 0 unspecified atom stereocenters. The zero-order chi connectivity index (χ0) is 9.84. The van der Waals surface area contributed by atoms with Gasteiger partial charge in [-0.15, -0.1) is 0 Å². The average molecular weight is 180 g/mol. The molecule has 0 spiro atoms. The Morgan fingerprint density at radius 2 is 2.00 bits per heavy atom. The molecule has 1 amide bonds. The van der Waals surface area contributed by atoms with Crippen molar-refractivity contribution in [2.24, 2.45) is 11.7 Å². The van der Waals surface area contributed by atoms with E-state index in [2.05, 4.69) is 0 Å². The van der Waals surface area contributed by atoms with E-state index in [9.17, 15) is 9.18 Å². The van der Waals surface area contributed by atoms with Crippen LogP contribution in [0.15, 0.2) is 24.3 Å². The van der Waals surface area contributed by atoms with Gasteiger partial charge in [0.15, 0.2) is 0 Å². The molecule has 1 aromatic rings. The number of rotatable bonds is 3. The Balaban J connectivity index is 2.64. The summed E-state index contributed by atoms with van der Waals surface area (Å²) in [5.41, 5.74) is 5.87. The maximum absolute atomic E-state index is 12.5. The highest BCUT2D eigenvalue weighted by Gasteiger charge is 2.09. The molecule has 1 rings (SSSR count). The first-order chi connectivity index (χ1) is 6.09. The molecule has 0 aliphatic rings. The number of benzene rings is 1. The molecule has 0 saturated carbocycles. The first-order valence-corrected chi connectivity index (χ1v) is 3.99. The molecule has 1 aromatic carbocycles. The molecule has 0 aromatic heterocycles. The molecule has 2 nitrogen and oxygen atoms in total. The van der Waals surface area contributed by atoms with E-state index in [0.717, 1.165) is 5.56 Å². The summed E-state index contributed by atoms with van der Waals surface area (Å²) in [7, 11) is 0. The second-order valence-corrected chi connectivity index (χ2v) is 2.91. The van der Waals surface area contributed by atoms with Gasteiger partial charge in [-0.2, -0.15) is 0 Å². The smallest absolute Gasteiger partial charge is 0.220 e. The van der Waals surface area contributed by atoms with Gasteiger partial charge in [-0.1, -0.05) is 19.1 Å². The van der Waals surface area contributed by atoms with Gasteiger partial charge in [0.05, 0.1) is 0 Å². The van der Waals surface area contributed by atoms with E-state index < -0.39 is 0 Å². The minimum Gasteiger partial charge on any atom is -0.369 e. The van der Waals surface area contributed by atoms with Gasteiger partial charge in [-0.05, 0) is 17.7 Å². The van der Waals surface area contributed by atoms with Crippen molar-refractivity contribution in [2.45, 2.75) is 6.92 Å². The quantitative estimate of drug-likeness (QED) is 0.752. The van der Waals surface area contributed by atoms with Crippen LogP contribution in [-0.2, 0) is 4.79 Å². The van der Waals surface area contributed by atoms with Gasteiger partial charge in [-0.25, -0.2) is 4.39 Å². The number of hydrogen-bond donors (Lipinski definition) is 1. The Labute approximate surface area is 76.6 Å². The normalized spacial score (nSPS) is 12.5. The number of nitrogens with two attached hydrogens (primary N) is 1. The topological polar surface area (TPSA) is 43.1 Å². The third-order valence-electron chi connectivity index (χ3n) is 1.76. The molecular weight excluding hydrogens is 169 g/mol. The van der Waals surface area contributed by atoms with E-state index >= 15 is 0 Å². The first-order valence-electron chi connectivity index (χ1n) is 3.99. The molecule has 0 aliphatic carbocycles. The molecule has 0 bridgehead atoms. The van der Waals surface area contributed by atoms with E-state index in [4.69, 9.17) is 5.73 Å². The van der Waals surface area contributed by atoms with Crippen molar-refractivity contribution in [1.29, 1.82) is 0 Å². The summed E-state index contributed by atoms with van der Waals surface area (Å²) in [4.78, 5) is 10.7. The minimum absolute atomic E-state index is 0.288. The van der Waals surface area contributed by atoms with Crippen LogP contribution in [0, 0.1) is 18.2 Å². The Bertz CT molecular complexity index is 294. The fourth-order valence-electron chi connectivity index (χ4n) is 0.945. The molecule has 2 N–H and O–H groups in total. The van der Waals surface area contributed by atoms with Crippen molar-refractivity contribution in [3.05, 3.63) is 42.1 Å². The van der Waals surface area contributed by atoms with Gasteiger partial charge in [0.2, 0.25) is 5.91 Å². The molecule has 3 heteroatoms.